The van der Waals surface area contributed by atoms with Crippen LogP contribution in [0.15, 0.2) is 35.7 Å². The Morgan fingerprint density at radius 3 is 2.93 bits per heavy atom. The second kappa shape index (κ2) is 3.72. The summed E-state index contributed by atoms with van der Waals surface area (Å²) in [6.07, 6.45) is 0. The predicted molar refractivity (Wildman–Crippen MR) is 57.6 cm³/mol. The van der Waals surface area contributed by atoms with Gasteiger partial charge in [-0.15, -0.1) is 0 Å². The fraction of sp³-hybridized carbons (Fsp3) is 0.0909. The summed E-state index contributed by atoms with van der Waals surface area (Å²) in [5, 5.41) is 2.88. The fourth-order valence-corrected chi connectivity index (χ4v) is 2.10. The molecular formula is C11H9O2S+. The zero-order valence-corrected chi connectivity index (χ0v) is 8.51. The van der Waals surface area contributed by atoms with Gasteiger partial charge in [-0.25, -0.2) is 4.79 Å². The molecule has 70 valence electrons. The quantitative estimate of drug-likeness (QED) is 0.528. The first kappa shape index (κ1) is 9.09. The maximum absolute atomic E-state index is 11.2. The number of methoxy groups -OCH3 is 1. The zero-order chi connectivity index (χ0) is 9.97. The topological polar surface area (TPSA) is 26.3 Å². The van der Waals surface area contributed by atoms with Gasteiger partial charge in [-0.2, -0.15) is 0 Å². The maximum Gasteiger partial charge on any atom is 0.342 e. The van der Waals surface area contributed by atoms with Crippen LogP contribution in [0.1, 0.15) is 10.4 Å². The average Bonchev–Trinajstić information content (AvgIpc) is 2.27. The van der Waals surface area contributed by atoms with E-state index >= 15 is 0 Å². The molecule has 0 radical (unpaired) electrons. The minimum Gasteiger partial charge on any atom is -0.465 e. The van der Waals surface area contributed by atoms with Gasteiger partial charge in [-0.3, -0.25) is 0 Å². The number of carbonyl (C=O) groups is 1. The molecule has 0 saturated heterocycles. The number of fused-ring (bicyclic) bond motifs is 1. The molecular weight excluding hydrogens is 196 g/mol. The predicted octanol–water partition coefficient (Wildman–Crippen LogP) is 2.97. The lowest BCUT2D eigenvalue weighted by molar-refractivity contribution is 0.0601. The van der Waals surface area contributed by atoms with Crippen LogP contribution >= 0.6 is 11.3 Å². The molecule has 0 N–H and O–H groups in total. The van der Waals surface area contributed by atoms with Crippen molar-refractivity contribution in [1.29, 1.82) is 0 Å². The van der Waals surface area contributed by atoms with Crippen LogP contribution in [-0.4, -0.2) is 13.1 Å². The van der Waals surface area contributed by atoms with Crippen LogP contribution in [0.3, 0.4) is 0 Å². The number of benzene rings is 1. The van der Waals surface area contributed by atoms with Crippen LogP contribution in [0, 0.1) is 0 Å². The number of hydrogen-bond donors (Lipinski definition) is 0. The Kier molecular flexibility index (Phi) is 2.41. The van der Waals surface area contributed by atoms with Crippen LogP contribution in [0.5, 0.6) is 0 Å². The summed E-state index contributed by atoms with van der Waals surface area (Å²) in [7, 11) is 1.39. The normalized spacial score (nSPS) is 10.1. The first-order valence-electron chi connectivity index (χ1n) is 4.20. The highest BCUT2D eigenvalue weighted by Gasteiger charge is 2.12. The molecule has 0 amide bonds. The van der Waals surface area contributed by atoms with Crippen LogP contribution in [0.2, 0.25) is 0 Å². The molecule has 3 heteroatoms. The summed E-state index contributed by atoms with van der Waals surface area (Å²) in [6, 6.07) is 9.80. The van der Waals surface area contributed by atoms with E-state index in [0.29, 0.717) is 5.56 Å². The average molecular weight is 205 g/mol. The maximum atomic E-state index is 11.2. The van der Waals surface area contributed by atoms with E-state index in [1.807, 2.05) is 35.7 Å². The number of carbonyl (C=O) groups excluding carboxylic acids is 1. The van der Waals surface area contributed by atoms with Gasteiger partial charge in [-0.1, -0.05) is 12.1 Å². The van der Waals surface area contributed by atoms with Crippen LogP contribution in [0.4, 0.5) is 0 Å². The highest BCUT2D eigenvalue weighted by molar-refractivity contribution is 7.16. The Morgan fingerprint density at radius 1 is 1.36 bits per heavy atom. The molecule has 2 nitrogen and oxygen atoms in total. The molecule has 0 saturated carbocycles. The SMILES string of the molecule is COC(=O)c1c[s+]c2ccccc2c1. The molecule has 0 fully saturated rings. The van der Waals surface area contributed by atoms with Crippen molar-refractivity contribution in [2.75, 3.05) is 7.11 Å². The van der Waals surface area contributed by atoms with E-state index in [1.54, 1.807) is 11.3 Å². The lowest BCUT2D eigenvalue weighted by atomic mass is 10.2. The molecule has 0 bridgehead atoms. The Balaban J connectivity index is 2.56. The van der Waals surface area contributed by atoms with E-state index in [2.05, 4.69) is 4.74 Å². The van der Waals surface area contributed by atoms with Crippen molar-refractivity contribution in [1.82, 2.24) is 0 Å². The minimum absolute atomic E-state index is 0.285. The van der Waals surface area contributed by atoms with Gasteiger partial charge in [0.2, 0.25) is 21.4 Å². The Labute approximate surface area is 85.8 Å². The number of rotatable bonds is 1. The summed E-state index contributed by atoms with van der Waals surface area (Å²) in [5.74, 6) is -0.285. The highest BCUT2D eigenvalue weighted by Crippen LogP contribution is 2.20. The van der Waals surface area contributed by atoms with Gasteiger partial charge < -0.3 is 4.74 Å². The third-order valence-electron chi connectivity index (χ3n) is 1.96. The van der Waals surface area contributed by atoms with E-state index in [1.165, 1.54) is 11.8 Å². The number of esters is 1. The Morgan fingerprint density at radius 2 is 2.14 bits per heavy atom. The second-order valence-electron chi connectivity index (χ2n) is 2.86. The Hall–Kier alpha value is -1.48. The van der Waals surface area contributed by atoms with Gasteiger partial charge in [0, 0.05) is 11.5 Å². The summed E-state index contributed by atoms with van der Waals surface area (Å²) in [4.78, 5) is 11.2. The molecule has 1 aromatic carbocycles. The number of hydrogen-bond acceptors (Lipinski definition) is 2. The molecule has 0 aliphatic heterocycles. The zero-order valence-electron chi connectivity index (χ0n) is 7.69. The standard InChI is InChI=1S/C11H9O2S/c1-13-11(12)9-6-8-4-2-3-5-10(8)14-7-9/h2-7H,1H3/q+1. The van der Waals surface area contributed by atoms with Crippen molar-refractivity contribution in [3.8, 4) is 0 Å². The first-order chi connectivity index (χ1) is 6.81. The third kappa shape index (κ3) is 1.59. The monoisotopic (exact) mass is 205 g/mol. The molecule has 2 aromatic rings. The van der Waals surface area contributed by atoms with Crippen molar-refractivity contribution in [2.24, 2.45) is 0 Å². The van der Waals surface area contributed by atoms with Crippen molar-refractivity contribution in [2.45, 2.75) is 0 Å². The fourth-order valence-electron chi connectivity index (χ4n) is 1.26. The Bertz CT molecular complexity index is 479. The van der Waals surface area contributed by atoms with Crippen molar-refractivity contribution >= 4 is 27.4 Å². The van der Waals surface area contributed by atoms with Gasteiger partial charge in [0.05, 0.1) is 7.11 Å². The van der Waals surface area contributed by atoms with E-state index in [9.17, 15) is 4.79 Å². The van der Waals surface area contributed by atoms with Gasteiger partial charge in [0.15, 0.2) is 0 Å². The molecule has 0 aliphatic rings. The van der Waals surface area contributed by atoms with Crippen LogP contribution < -0.4 is 0 Å². The van der Waals surface area contributed by atoms with Crippen molar-refractivity contribution in [3.05, 3.63) is 41.3 Å². The smallest absolute Gasteiger partial charge is 0.342 e. The van der Waals surface area contributed by atoms with Gasteiger partial charge in [0.1, 0.15) is 5.56 Å². The molecule has 2 rings (SSSR count). The van der Waals surface area contributed by atoms with E-state index in [0.717, 1.165) is 5.39 Å². The molecule has 0 spiro atoms. The largest absolute Gasteiger partial charge is 0.465 e. The molecule has 14 heavy (non-hydrogen) atoms. The van der Waals surface area contributed by atoms with Crippen LogP contribution in [0.25, 0.3) is 10.1 Å². The van der Waals surface area contributed by atoms with Crippen molar-refractivity contribution < 1.29 is 9.53 Å². The van der Waals surface area contributed by atoms with Gasteiger partial charge >= 0.3 is 5.97 Å². The van der Waals surface area contributed by atoms with Crippen LogP contribution in [-0.2, 0) is 4.74 Å². The summed E-state index contributed by atoms with van der Waals surface area (Å²) < 4.78 is 5.82. The lowest BCUT2D eigenvalue weighted by Gasteiger charge is -1.94. The third-order valence-corrected chi connectivity index (χ3v) is 2.96. The summed E-state index contributed by atoms with van der Waals surface area (Å²) in [6.45, 7) is 0. The van der Waals surface area contributed by atoms with Gasteiger partial charge in [0.25, 0.3) is 0 Å². The first-order valence-corrected chi connectivity index (χ1v) is 5.08. The lowest BCUT2D eigenvalue weighted by Crippen LogP contribution is -1.99. The molecule has 1 heterocycles. The van der Waals surface area contributed by atoms with E-state index in [4.69, 9.17) is 0 Å². The van der Waals surface area contributed by atoms with Crippen molar-refractivity contribution in [3.63, 3.8) is 0 Å². The number of ether oxygens (including phenoxy) is 1. The van der Waals surface area contributed by atoms with E-state index < -0.39 is 0 Å². The minimum atomic E-state index is -0.285. The molecule has 1 aromatic heterocycles. The van der Waals surface area contributed by atoms with E-state index in [-0.39, 0.29) is 5.97 Å². The molecule has 0 unspecified atom stereocenters. The second-order valence-corrected chi connectivity index (χ2v) is 3.78. The molecule has 0 aliphatic carbocycles. The summed E-state index contributed by atoms with van der Waals surface area (Å²) in [5.41, 5.74) is 0.608. The summed E-state index contributed by atoms with van der Waals surface area (Å²) >= 11 is 1.55. The molecule has 0 atom stereocenters. The highest BCUT2D eigenvalue weighted by atomic mass is 32.1. The van der Waals surface area contributed by atoms with Gasteiger partial charge in [-0.05, 0) is 12.1 Å².